The molecule has 22 heavy (non-hydrogen) atoms. The van der Waals surface area contributed by atoms with E-state index in [4.69, 9.17) is 0 Å². The van der Waals surface area contributed by atoms with Gasteiger partial charge in [0.25, 0.3) is 0 Å². The maximum Gasteiger partial charge on any atom is 0.0636 e. The molecule has 122 valence electrons. The highest BCUT2D eigenvalue weighted by molar-refractivity contribution is 5.85. The second kappa shape index (κ2) is 5.93. The summed E-state index contributed by atoms with van der Waals surface area (Å²) in [6.07, 6.45) is 4.07. The highest BCUT2D eigenvalue weighted by Gasteiger charge is 2.37. The van der Waals surface area contributed by atoms with Crippen LogP contribution in [0, 0.1) is 12.3 Å². The van der Waals surface area contributed by atoms with Crippen LogP contribution in [0.5, 0.6) is 0 Å². The number of rotatable bonds is 3. The van der Waals surface area contributed by atoms with Crippen LogP contribution >= 0.6 is 12.4 Å². The summed E-state index contributed by atoms with van der Waals surface area (Å²) in [4.78, 5) is 5.32. The van der Waals surface area contributed by atoms with Crippen LogP contribution in [-0.2, 0) is 0 Å². The molecule has 1 aromatic rings. The van der Waals surface area contributed by atoms with Crippen LogP contribution in [0.4, 0.5) is 11.4 Å². The molecule has 3 aliphatic rings. The molecule has 2 heterocycles. The Morgan fingerprint density at radius 1 is 1.27 bits per heavy atom. The van der Waals surface area contributed by atoms with Gasteiger partial charge in [-0.2, -0.15) is 0 Å². The van der Waals surface area contributed by atoms with Crippen LogP contribution in [0.25, 0.3) is 0 Å². The highest BCUT2D eigenvalue weighted by atomic mass is 35.5. The predicted molar refractivity (Wildman–Crippen MR) is 96.6 cm³/mol. The summed E-state index contributed by atoms with van der Waals surface area (Å²) in [6, 6.07) is 7.65. The molecule has 0 bridgehead atoms. The number of hydrogen-bond acceptors (Lipinski definition) is 3. The van der Waals surface area contributed by atoms with Gasteiger partial charge in [0.2, 0.25) is 0 Å². The Bertz CT molecular complexity index is 535. The molecular weight excluding hydrogens is 294 g/mol. The molecule has 4 rings (SSSR count). The molecule has 0 aromatic heterocycles. The molecule has 3 nitrogen and oxygen atoms in total. The first-order valence-corrected chi connectivity index (χ1v) is 8.48. The number of fused-ring (bicyclic) bond motifs is 1. The summed E-state index contributed by atoms with van der Waals surface area (Å²) in [6.45, 7) is 10.6. The minimum Gasteiger partial charge on any atom is -0.367 e. The molecular formula is C18H28ClN3. The van der Waals surface area contributed by atoms with Gasteiger partial charge in [0.15, 0.2) is 0 Å². The van der Waals surface area contributed by atoms with Gasteiger partial charge in [-0.1, -0.05) is 19.1 Å². The topological polar surface area (TPSA) is 18.5 Å². The van der Waals surface area contributed by atoms with Crippen LogP contribution in [0.3, 0.4) is 0 Å². The second-order valence-corrected chi connectivity index (χ2v) is 7.53. The van der Waals surface area contributed by atoms with E-state index < -0.39 is 0 Å². The van der Waals surface area contributed by atoms with Crippen molar-refractivity contribution in [3.05, 3.63) is 23.8 Å². The third-order valence-electron chi connectivity index (χ3n) is 5.47. The Morgan fingerprint density at radius 3 is 2.77 bits per heavy atom. The molecule has 2 aliphatic heterocycles. The smallest absolute Gasteiger partial charge is 0.0636 e. The molecule has 0 radical (unpaired) electrons. The lowest BCUT2D eigenvalue weighted by atomic mass is 9.88. The Kier molecular flexibility index (Phi) is 4.30. The fourth-order valence-electron chi connectivity index (χ4n) is 4.11. The number of anilines is 2. The van der Waals surface area contributed by atoms with E-state index in [1.54, 1.807) is 0 Å². The van der Waals surface area contributed by atoms with Crippen LogP contribution in [-0.4, -0.2) is 38.8 Å². The van der Waals surface area contributed by atoms with Crippen molar-refractivity contribution >= 4 is 23.8 Å². The summed E-state index contributed by atoms with van der Waals surface area (Å²) in [5, 5.41) is 3.54. The number of nitrogens with one attached hydrogen (secondary N) is 1. The molecule has 1 N–H and O–H groups in total. The highest BCUT2D eigenvalue weighted by Crippen LogP contribution is 2.43. The average Bonchev–Trinajstić information content (AvgIpc) is 3.22. The van der Waals surface area contributed by atoms with E-state index in [1.807, 2.05) is 0 Å². The summed E-state index contributed by atoms with van der Waals surface area (Å²) in [5.74, 6) is 0. The van der Waals surface area contributed by atoms with Gasteiger partial charge in [0.05, 0.1) is 11.4 Å². The van der Waals surface area contributed by atoms with Crippen molar-refractivity contribution in [2.45, 2.75) is 39.2 Å². The molecule has 1 atom stereocenters. The maximum atomic E-state index is 3.54. The summed E-state index contributed by atoms with van der Waals surface area (Å²) in [5.41, 5.74) is 4.86. The average molecular weight is 322 g/mol. The molecule has 1 saturated carbocycles. The molecule has 1 saturated heterocycles. The lowest BCUT2D eigenvalue weighted by Gasteiger charge is -2.43. The van der Waals surface area contributed by atoms with Gasteiger partial charge in [-0.25, -0.2) is 0 Å². The van der Waals surface area contributed by atoms with E-state index in [0.717, 1.165) is 12.6 Å². The lowest BCUT2D eigenvalue weighted by molar-refractivity contribution is 0.363. The van der Waals surface area contributed by atoms with Crippen LogP contribution in [0.2, 0.25) is 0 Å². The number of hydrogen-bond donors (Lipinski definition) is 1. The van der Waals surface area contributed by atoms with Gasteiger partial charge in [-0.15, -0.1) is 12.4 Å². The molecule has 4 heteroatoms. The fourth-order valence-corrected chi connectivity index (χ4v) is 4.11. The van der Waals surface area contributed by atoms with Crippen LogP contribution in [0.1, 0.15) is 31.7 Å². The number of para-hydroxylation sites is 1. The number of benzene rings is 1. The molecule has 1 unspecified atom stereocenters. The number of aryl methyl sites for hydroxylation is 1. The quantitative estimate of drug-likeness (QED) is 0.922. The van der Waals surface area contributed by atoms with Crippen LogP contribution < -0.4 is 15.1 Å². The van der Waals surface area contributed by atoms with Crippen molar-refractivity contribution in [1.82, 2.24) is 5.32 Å². The second-order valence-electron chi connectivity index (χ2n) is 7.53. The zero-order chi connectivity index (χ0) is 14.4. The minimum atomic E-state index is 0. The van der Waals surface area contributed by atoms with Gasteiger partial charge in [0.1, 0.15) is 0 Å². The van der Waals surface area contributed by atoms with Crippen molar-refractivity contribution in [2.24, 2.45) is 5.41 Å². The van der Waals surface area contributed by atoms with Crippen molar-refractivity contribution in [2.75, 3.05) is 42.5 Å². The van der Waals surface area contributed by atoms with Crippen molar-refractivity contribution < 1.29 is 0 Å². The van der Waals surface area contributed by atoms with E-state index >= 15 is 0 Å². The van der Waals surface area contributed by atoms with E-state index in [0.29, 0.717) is 5.41 Å². The third-order valence-corrected chi connectivity index (χ3v) is 5.47. The normalized spacial score (nSPS) is 27.5. The Hall–Kier alpha value is -0.930. The molecule has 0 spiro atoms. The number of halogens is 1. The third kappa shape index (κ3) is 2.81. The standard InChI is InChI=1S/C18H27N3.ClH/c1-14-4-3-5-16-17(14)21(15-6-7-15)11-10-20(16)13-18(2)8-9-19-12-18;/h3-5,15,19H,6-13H2,1-2H3;1H. The zero-order valence-corrected chi connectivity index (χ0v) is 14.6. The van der Waals surface area contributed by atoms with E-state index in [2.05, 4.69) is 47.2 Å². The summed E-state index contributed by atoms with van der Waals surface area (Å²) in [7, 11) is 0. The first-order chi connectivity index (χ1) is 10.2. The van der Waals surface area contributed by atoms with E-state index in [9.17, 15) is 0 Å². The summed E-state index contributed by atoms with van der Waals surface area (Å²) < 4.78 is 0. The molecule has 0 amide bonds. The van der Waals surface area contributed by atoms with Crippen molar-refractivity contribution in [3.63, 3.8) is 0 Å². The SMILES string of the molecule is Cc1cccc2c1N(C1CC1)CCN2CC1(C)CCNC1.Cl. The van der Waals surface area contributed by atoms with E-state index in [-0.39, 0.29) is 12.4 Å². The minimum absolute atomic E-state index is 0. The predicted octanol–water partition coefficient (Wildman–Crippen LogP) is 3.21. The van der Waals surface area contributed by atoms with Crippen molar-refractivity contribution in [3.8, 4) is 0 Å². The Labute approximate surface area is 140 Å². The van der Waals surface area contributed by atoms with Crippen LogP contribution in [0.15, 0.2) is 18.2 Å². The zero-order valence-electron chi connectivity index (χ0n) is 13.8. The monoisotopic (exact) mass is 321 g/mol. The van der Waals surface area contributed by atoms with Gasteiger partial charge in [-0.05, 0) is 49.8 Å². The molecule has 2 fully saturated rings. The Balaban J connectivity index is 0.00000144. The maximum absolute atomic E-state index is 3.54. The van der Waals surface area contributed by atoms with E-state index in [1.165, 1.54) is 62.4 Å². The summed E-state index contributed by atoms with van der Waals surface area (Å²) >= 11 is 0. The fraction of sp³-hybridized carbons (Fsp3) is 0.667. The van der Waals surface area contributed by atoms with Gasteiger partial charge >= 0.3 is 0 Å². The Morgan fingerprint density at radius 2 is 2.09 bits per heavy atom. The number of nitrogens with zero attached hydrogens (tertiary/aromatic N) is 2. The molecule has 1 aliphatic carbocycles. The lowest BCUT2D eigenvalue weighted by Crippen LogP contribution is -2.46. The van der Waals surface area contributed by atoms with Gasteiger partial charge in [-0.3, -0.25) is 0 Å². The first kappa shape index (κ1) is 15.9. The first-order valence-electron chi connectivity index (χ1n) is 8.48. The van der Waals surface area contributed by atoms with Gasteiger partial charge in [0, 0.05) is 32.2 Å². The van der Waals surface area contributed by atoms with Crippen molar-refractivity contribution in [1.29, 1.82) is 0 Å². The van der Waals surface area contributed by atoms with Gasteiger partial charge < -0.3 is 15.1 Å². The molecule has 1 aromatic carbocycles. The largest absolute Gasteiger partial charge is 0.367 e.